The first-order chi connectivity index (χ1) is 5.36. The fraction of sp³-hybridized carbons (Fsp3) is 0.875. The SMILES string of the molecule is O=C1CO[C@@H]2CCCC[C@H]2O1. The van der Waals surface area contributed by atoms with Crippen molar-refractivity contribution in [2.75, 3.05) is 6.61 Å². The van der Waals surface area contributed by atoms with Gasteiger partial charge in [-0.1, -0.05) is 6.42 Å². The van der Waals surface area contributed by atoms with Gasteiger partial charge in [0.05, 0.1) is 6.10 Å². The first-order valence-corrected chi connectivity index (χ1v) is 4.17. The molecule has 0 amide bonds. The van der Waals surface area contributed by atoms with Crippen molar-refractivity contribution in [3.05, 3.63) is 0 Å². The Balaban J connectivity index is 1.98. The van der Waals surface area contributed by atoms with Crippen molar-refractivity contribution in [3.63, 3.8) is 0 Å². The van der Waals surface area contributed by atoms with Crippen LogP contribution in [-0.4, -0.2) is 24.8 Å². The molecule has 0 bridgehead atoms. The molecule has 2 fully saturated rings. The van der Waals surface area contributed by atoms with Gasteiger partial charge < -0.3 is 9.47 Å². The molecule has 2 atom stereocenters. The molecule has 2 rings (SSSR count). The van der Waals surface area contributed by atoms with Crippen molar-refractivity contribution in [2.45, 2.75) is 37.9 Å². The molecule has 1 aliphatic carbocycles. The predicted molar refractivity (Wildman–Crippen MR) is 38.1 cm³/mol. The Morgan fingerprint density at radius 1 is 1.18 bits per heavy atom. The van der Waals surface area contributed by atoms with E-state index in [-0.39, 0.29) is 24.8 Å². The first kappa shape index (κ1) is 7.10. The fourth-order valence-electron chi connectivity index (χ4n) is 1.77. The van der Waals surface area contributed by atoms with Crippen LogP contribution in [0.1, 0.15) is 25.7 Å². The second-order valence-electron chi connectivity index (χ2n) is 3.16. The number of rotatable bonds is 0. The van der Waals surface area contributed by atoms with Gasteiger partial charge in [-0.2, -0.15) is 0 Å². The summed E-state index contributed by atoms with van der Waals surface area (Å²) in [7, 11) is 0. The number of hydrogen-bond acceptors (Lipinski definition) is 3. The van der Waals surface area contributed by atoms with Crippen LogP contribution in [0.4, 0.5) is 0 Å². The van der Waals surface area contributed by atoms with Crippen LogP contribution in [0.25, 0.3) is 0 Å². The van der Waals surface area contributed by atoms with Gasteiger partial charge in [-0.3, -0.25) is 0 Å². The van der Waals surface area contributed by atoms with Gasteiger partial charge >= 0.3 is 5.97 Å². The molecular formula is C8H12O3. The van der Waals surface area contributed by atoms with Crippen molar-refractivity contribution in [3.8, 4) is 0 Å². The Bertz CT molecular complexity index is 167. The number of hydrogen-bond donors (Lipinski definition) is 0. The van der Waals surface area contributed by atoms with Crippen LogP contribution in [0.15, 0.2) is 0 Å². The molecule has 0 spiro atoms. The zero-order valence-electron chi connectivity index (χ0n) is 6.41. The smallest absolute Gasteiger partial charge is 0.332 e. The average molecular weight is 156 g/mol. The normalized spacial score (nSPS) is 37.6. The summed E-state index contributed by atoms with van der Waals surface area (Å²) in [5, 5.41) is 0. The van der Waals surface area contributed by atoms with Crippen molar-refractivity contribution in [2.24, 2.45) is 0 Å². The highest BCUT2D eigenvalue weighted by Gasteiger charge is 2.33. The summed E-state index contributed by atoms with van der Waals surface area (Å²) < 4.78 is 10.4. The molecule has 0 unspecified atom stereocenters. The molecule has 0 aromatic rings. The number of fused-ring (bicyclic) bond motifs is 1. The van der Waals surface area contributed by atoms with Gasteiger partial charge in [0.25, 0.3) is 0 Å². The van der Waals surface area contributed by atoms with Crippen molar-refractivity contribution in [1.82, 2.24) is 0 Å². The van der Waals surface area contributed by atoms with E-state index in [4.69, 9.17) is 9.47 Å². The van der Waals surface area contributed by atoms with Crippen LogP contribution in [0.3, 0.4) is 0 Å². The van der Waals surface area contributed by atoms with Gasteiger partial charge in [-0.05, 0) is 19.3 Å². The van der Waals surface area contributed by atoms with E-state index in [9.17, 15) is 4.79 Å². The van der Waals surface area contributed by atoms with Crippen LogP contribution >= 0.6 is 0 Å². The van der Waals surface area contributed by atoms with Crippen LogP contribution in [0.2, 0.25) is 0 Å². The Morgan fingerprint density at radius 2 is 1.91 bits per heavy atom. The second-order valence-corrected chi connectivity index (χ2v) is 3.16. The van der Waals surface area contributed by atoms with E-state index in [1.54, 1.807) is 0 Å². The van der Waals surface area contributed by atoms with Crippen molar-refractivity contribution in [1.29, 1.82) is 0 Å². The summed E-state index contributed by atoms with van der Waals surface area (Å²) in [6, 6.07) is 0. The predicted octanol–water partition coefficient (Wildman–Crippen LogP) is 0.871. The Hall–Kier alpha value is -0.570. The standard InChI is InChI=1S/C8H12O3/c9-8-5-10-6-3-1-2-4-7(6)11-8/h6-7H,1-5H2/t6-,7-/m1/s1. The van der Waals surface area contributed by atoms with Crippen molar-refractivity contribution >= 4 is 5.97 Å². The summed E-state index contributed by atoms with van der Waals surface area (Å²) in [5.41, 5.74) is 0. The average Bonchev–Trinajstić information content (AvgIpc) is 2.04. The second kappa shape index (κ2) is 2.81. The topological polar surface area (TPSA) is 35.5 Å². The van der Waals surface area contributed by atoms with E-state index in [0.717, 1.165) is 19.3 Å². The quantitative estimate of drug-likeness (QED) is 0.488. The minimum atomic E-state index is -0.201. The molecule has 2 aliphatic rings. The molecule has 1 saturated carbocycles. The third-order valence-electron chi connectivity index (χ3n) is 2.34. The first-order valence-electron chi connectivity index (χ1n) is 4.17. The highest BCUT2D eigenvalue weighted by molar-refractivity contribution is 5.71. The van der Waals surface area contributed by atoms with Crippen LogP contribution < -0.4 is 0 Å². The maximum atomic E-state index is 10.8. The number of ether oxygens (including phenoxy) is 2. The summed E-state index contributed by atoms with van der Waals surface area (Å²) in [5.74, 6) is -0.201. The van der Waals surface area contributed by atoms with Gasteiger partial charge in [0.1, 0.15) is 12.7 Å². The van der Waals surface area contributed by atoms with E-state index in [0.29, 0.717) is 0 Å². The van der Waals surface area contributed by atoms with Crippen LogP contribution in [-0.2, 0) is 14.3 Å². The van der Waals surface area contributed by atoms with E-state index in [2.05, 4.69) is 0 Å². The molecule has 0 N–H and O–H groups in total. The van der Waals surface area contributed by atoms with Gasteiger partial charge in [-0.15, -0.1) is 0 Å². The molecule has 0 aromatic heterocycles. The Labute approximate surface area is 65.7 Å². The zero-order chi connectivity index (χ0) is 7.68. The summed E-state index contributed by atoms with van der Waals surface area (Å²) in [6.45, 7) is 0.154. The third kappa shape index (κ3) is 1.38. The minimum absolute atomic E-state index is 0.0602. The zero-order valence-corrected chi connectivity index (χ0v) is 6.41. The van der Waals surface area contributed by atoms with E-state index >= 15 is 0 Å². The van der Waals surface area contributed by atoms with Gasteiger partial charge in [-0.25, -0.2) is 4.79 Å². The number of carbonyl (C=O) groups is 1. The maximum absolute atomic E-state index is 10.8. The fourth-order valence-corrected chi connectivity index (χ4v) is 1.77. The van der Waals surface area contributed by atoms with E-state index < -0.39 is 0 Å². The van der Waals surface area contributed by atoms with Gasteiger partial charge in [0.2, 0.25) is 0 Å². The monoisotopic (exact) mass is 156 g/mol. The number of carbonyl (C=O) groups excluding carboxylic acids is 1. The maximum Gasteiger partial charge on any atom is 0.332 e. The molecule has 1 saturated heterocycles. The van der Waals surface area contributed by atoms with E-state index in [1.807, 2.05) is 0 Å². The Kier molecular flexibility index (Phi) is 1.82. The summed E-state index contributed by atoms with van der Waals surface area (Å²) in [4.78, 5) is 10.8. The lowest BCUT2D eigenvalue weighted by atomic mass is 9.94. The molecule has 1 heterocycles. The van der Waals surface area contributed by atoms with Crippen molar-refractivity contribution < 1.29 is 14.3 Å². The van der Waals surface area contributed by atoms with Crippen LogP contribution in [0.5, 0.6) is 0 Å². The van der Waals surface area contributed by atoms with Crippen LogP contribution in [0, 0.1) is 0 Å². The largest absolute Gasteiger partial charge is 0.458 e. The van der Waals surface area contributed by atoms with Gasteiger partial charge in [0, 0.05) is 0 Å². The lowest BCUT2D eigenvalue weighted by Gasteiger charge is -2.34. The molecule has 3 heteroatoms. The highest BCUT2D eigenvalue weighted by Crippen LogP contribution is 2.26. The molecule has 0 radical (unpaired) electrons. The van der Waals surface area contributed by atoms with Gasteiger partial charge in [0.15, 0.2) is 0 Å². The molecule has 1 aliphatic heterocycles. The summed E-state index contributed by atoms with van der Waals surface area (Å²) in [6.07, 6.45) is 4.66. The molecule has 0 aromatic carbocycles. The lowest BCUT2D eigenvalue weighted by molar-refractivity contribution is -0.187. The molecule has 11 heavy (non-hydrogen) atoms. The molecule has 3 nitrogen and oxygen atoms in total. The summed E-state index contributed by atoms with van der Waals surface area (Å²) >= 11 is 0. The third-order valence-corrected chi connectivity index (χ3v) is 2.34. The van der Waals surface area contributed by atoms with E-state index in [1.165, 1.54) is 6.42 Å². The lowest BCUT2D eigenvalue weighted by Crippen LogP contribution is -2.42. The molecular weight excluding hydrogens is 144 g/mol. The number of esters is 1. The minimum Gasteiger partial charge on any atom is -0.458 e. The highest BCUT2D eigenvalue weighted by atomic mass is 16.6. The molecule has 62 valence electrons. The Morgan fingerprint density at radius 3 is 2.73 bits per heavy atom.